The summed E-state index contributed by atoms with van der Waals surface area (Å²) in [5.74, 6) is -0.148. The van der Waals surface area contributed by atoms with E-state index in [1.54, 1.807) is 19.2 Å². The van der Waals surface area contributed by atoms with E-state index in [9.17, 15) is 9.59 Å². The molecule has 7 nitrogen and oxygen atoms in total. The first-order valence-corrected chi connectivity index (χ1v) is 8.59. The Balaban J connectivity index is 2.43. The van der Waals surface area contributed by atoms with E-state index in [2.05, 4.69) is 20.9 Å². The molecule has 0 heterocycles. The zero-order valence-corrected chi connectivity index (χ0v) is 15.6. The topological polar surface area (TPSA) is 82.7 Å². The van der Waals surface area contributed by atoms with Crippen molar-refractivity contribution in [1.82, 2.24) is 15.5 Å². The number of rotatable bonds is 10. The van der Waals surface area contributed by atoms with E-state index in [1.807, 2.05) is 27.0 Å². The molecular weight excluding hydrogens is 320 g/mol. The number of nitrogens with zero attached hydrogens (tertiary/aromatic N) is 1. The molecule has 0 aliphatic heterocycles. The van der Waals surface area contributed by atoms with Gasteiger partial charge < -0.3 is 25.6 Å². The van der Waals surface area contributed by atoms with Crippen LogP contribution in [0, 0.1) is 6.92 Å². The van der Waals surface area contributed by atoms with E-state index in [0.29, 0.717) is 30.9 Å². The van der Waals surface area contributed by atoms with Crippen molar-refractivity contribution in [1.29, 1.82) is 0 Å². The molecule has 0 unspecified atom stereocenters. The number of hydrogen-bond donors (Lipinski definition) is 3. The molecule has 0 fully saturated rings. The largest absolute Gasteiger partial charge is 0.383 e. The number of nitrogens with one attached hydrogen (secondary N) is 3. The van der Waals surface area contributed by atoms with Gasteiger partial charge >= 0.3 is 6.03 Å². The first-order chi connectivity index (χ1) is 12.0. The van der Waals surface area contributed by atoms with Gasteiger partial charge in [0.05, 0.1) is 6.61 Å². The molecule has 0 atom stereocenters. The number of carbonyl (C=O) groups excluding carboxylic acids is 2. The minimum absolute atomic E-state index is 0.148. The van der Waals surface area contributed by atoms with Gasteiger partial charge in [0.1, 0.15) is 0 Å². The van der Waals surface area contributed by atoms with Crippen molar-refractivity contribution in [2.45, 2.75) is 20.3 Å². The van der Waals surface area contributed by atoms with Gasteiger partial charge in [-0.15, -0.1) is 0 Å². The molecule has 7 heteroatoms. The lowest BCUT2D eigenvalue weighted by Crippen LogP contribution is -2.32. The lowest BCUT2D eigenvalue weighted by Gasteiger charge is -2.16. The van der Waals surface area contributed by atoms with Gasteiger partial charge in [-0.1, -0.05) is 6.07 Å². The summed E-state index contributed by atoms with van der Waals surface area (Å²) in [6.45, 7) is 7.36. The molecule has 0 saturated heterocycles. The summed E-state index contributed by atoms with van der Waals surface area (Å²) in [6, 6.07) is 5.00. The minimum atomic E-state index is -0.268. The third-order valence-electron chi connectivity index (χ3n) is 3.76. The summed E-state index contributed by atoms with van der Waals surface area (Å²) in [5.41, 5.74) is 2.07. The molecule has 0 spiro atoms. The predicted octanol–water partition coefficient (Wildman–Crippen LogP) is 1.83. The Morgan fingerprint density at radius 3 is 2.64 bits per heavy atom. The van der Waals surface area contributed by atoms with Crippen molar-refractivity contribution in [2.24, 2.45) is 0 Å². The normalized spacial score (nSPS) is 10.6. The summed E-state index contributed by atoms with van der Waals surface area (Å²) in [5, 5.41) is 8.39. The van der Waals surface area contributed by atoms with Crippen LogP contribution in [-0.4, -0.2) is 63.8 Å². The molecule has 3 N–H and O–H groups in total. The average Bonchev–Trinajstić information content (AvgIpc) is 2.59. The maximum Gasteiger partial charge on any atom is 0.319 e. The third kappa shape index (κ3) is 8.00. The van der Waals surface area contributed by atoms with Crippen molar-refractivity contribution in [3.8, 4) is 0 Å². The van der Waals surface area contributed by atoms with Crippen molar-refractivity contribution in [2.75, 3.05) is 52.3 Å². The Morgan fingerprint density at radius 1 is 1.20 bits per heavy atom. The fraction of sp³-hybridized carbons (Fsp3) is 0.556. The predicted molar refractivity (Wildman–Crippen MR) is 100 cm³/mol. The van der Waals surface area contributed by atoms with E-state index >= 15 is 0 Å². The van der Waals surface area contributed by atoms with E-state index in [1.165, 1.54) is 0 Å². The van der Waals surface area contributed by atoms with Crippen LogP contribution in [0.15, 0.2) is 18.2 Å². The van der Waals surface area contributed by atoms with Crippen LogP contribution in [0.25, 0.3) is 0 Å². The number of benzene rings is 1. The number of ether oxygens (including phenoxy) is 1. The van der Waals surface area contributed by atoms with E-state index in [4.69, 9.17) is 4.74 Å². The van der Waals surface area contributed by atoms with Crippen LogP contribution in [0.1, 0.15) is 29.3 Å². The van der Waals surface area contributed by atoms with E-state index in [0.717, 1.165) is 25.1 Å². The molecule has 3 amide bonds. The minimum Gasteiger partial charge on any atom is -0.383 e. The molecule has 0 radical (unpaired) electrons. The van der Waals surface area contributed by atoms with Crippen molar-refractivity contribution >= 4 is 17.6 Å². The maximum atomic E-state index is 12.0. The molecule has 1 aromatic carbocycles. The summed E-state index contributed by atoms with van der Waals surface area (Å²) in [4.78, 5) is 26.1. The van der Waals surface area contributed by atoms with Gasteiger partial charge in [-0.3, -0.25) is 4.79 Å². The molecule has 0 aromatic heterocycles. The molecule has 0 saturated carbocycles. The first-order valence-electron chi connectivity index (χ1n) is 8.59. The fourth-order valence-corrected chi connectivity index (χ4v) is 2.24. The van der Waals surface area contributed by atoms with Gasteiger partial charge in [0, 0.05) is 38.0 Å². The maximum absolute atomic E-state index is 12.0. The third-order valence-corrected chi connectivity index (χ3v) is 3.76. The Hall–Kier alpha value is -2.12. The second-order valence-corrected chi connectivity index (χ2v) is 5.92. The smallest absolute Gasteiger partial charge is 0.319 e. The summed E-state index contributed by atoms with van der Waals surface area (Å²) >= 11 is 0. The highest BCUT2D eigenvalue weighted by atomic mass is 16.5. The molecule has 25 heavy (non-hydrogen) atoms. The van der Waals surface area contributed by atoms with Crippen molar-refractivity contribution in [3.63, 3.8) is 0 Å². The quantitative estimate of drug-likeness (QED) is 0.562. The number of anilines is 1. The number of methoxy groups -OCH3 is 1. The van der Waals surface area contributed by atoms with Gasteiger partial charge in [-0.25, -0.2) is 4.79 Å². The van der Waals surface area contributed by atoms with Crippen LogP contribution in [0.4, 0.5) is 10.5 Å². The zero-order chi connectivity index (χ0) is 18.7. The highest BCUT2D eigenvalue weighted by Gasteiger charge is 2.09. The number of carbonyl (C=O) groups is 2. The van der Waals surface area contributed by atoms with Crippen molar-refractivity contribution < 1.29 is 14.3 Å². The molecule has 1 rings (SSSR count). The number of amides is 3. The Kier molecular flexibility index (Phi) is 9.57. The lowest BCUT2D eigenvalue weighted by molar-refractivity contribution is 0.0956. The van der Waals surface area contributed by atoms with Crippen LogP contribution in [0.3, 0.4) is 0 Å². The highest BCUT2D eigenvalue weighted by molar-refractivity contribution is 5.97. The number of hydrogen-bond acceptors (Lipinski definition) is 4. The molecule has 0 aliphatic rings. The number of aryl methyl sites for hydroxylation is 1. The number of likely N-dealkylation sites (N-methyl/N-ethyl adjacent to an activating group) is 1. The van der Waals surface area contributed by atoms with Gasteiger partial charge in [0.15, 0.2) is 0 Å². The monoisotopic (exact) mass is 350 g/mol. The van der Waals surface area contributed by atoms with E-state index < -0.39 is 0 Å². The van der Waals surface area contributed by atoms with Gasteiger partial charge in [-0.2, -0.15) is 0 Å². The van der Waals surface area contributed by atoms with Crippen LogP contribution >= 0.6 is 0 Å². The number of urea groups is 1. The highest BCUT2D eigenvalue weighted by Crippen LogP contribution is 2.16. The van der Waals surface area contributed by atoms with Crippen molar-refractivity contribution in [3.05, 3.63) is 29.3 Å². The second-order valence-electron chi connectivity index (χ2n) is 5.92. The van der Waals surface area contributed by atoms with Crippen LogP contribution in [-0.2, 0) is 4.74 Å². The molecular formula is C18H30N4O3. The Morgan fingerprint density at radius 2 is 1.96 bits per heavy atom. The van der Waals surface area contributed by atoms with E-state index in [-0.39, 0.29) is 11.9 Å². The van der Waals surface area contributed by atoms with Crippen LogP contribution in [0.5, 0.6) is 0 Å². The Bertz CT molecular complexity index is 563. The van der Waals surface area contributed by atoms with Gasteiger partial charge in [0.2, 0.25) is 0 Å². The van der Waals surface area contributed by atoms with Crippen LogP contribution in [0.2, 0.25) is 0 Å². The summed E-state index contributed by atoms with van der Waals surface area (Å²) < 4.78 is 5.03. The Labute approximate surface area is 150 Å². The summed E-state index contributed by atoms with van der Waals surface area (Å²) in [6.07, 6.45) is 0.853. The zero-order valence-electron chi connectivity index (χ0n) is 15.6. The van der Waals surface area contributed by atoms with Crippen LogP contribution < -0.4 is 16.0 Å². The first kappa shape index (κ1) is 20.9. The lowest BCUT2D eigenvalue weighted by atomic mass is 10.1. The van der Waals surface area contributed by atoms with Gasteiger partial charge in [0.25, 0.3) is 5.91 Å². The van der Waals surface area contributed by atoms with Gasteiger partial charge in [-0.05, 0) is 51.6 Å². The molecule has 140 valence electrons. The molecule has 0 bridgehead atoms. The molecule has 1 aromatic rings. The average molecular weight is 350 g/mol. The standard InChI is InChI=1S/C18H30N4O3/c1-5-19-17(23)15-8-7-14(2)16(13-15)21-18(24)20-9-6-10-22(3)11-12-25-4/h7-8,13H,5-6,9-12H2,1-4H3,(H,19,23)(H2,20,21,24). The molecule has 0 aliphatic carbocycles. The fourth-order valence-electron chi connectivity index (χ4n) is 2.24. The summed E-state index contributed by atoms with van der Waals surface area (Å²) in [7, 11) is 3.71. The SMILES string of the molecule is CCNC(=O)c1ccc(C)c(NC(=O)NCCCN(C)CCOC)c1. The second kappa shape index (κ2) is 11.4.